The van der Waals surface area contributed by atoms with E-state index in [9.17, 15) is 23.5 Å². The van der Waals surface area contributed by atoms with Gasteiger partial charge in [0.15, 0.2) is 46.2 Å². The summed E-state index contributed by atoms with van der Waals surface area (Å²) in [6.07, 6.45) is 9.74. The number of halogens is 2. The molecule has 12 rings (SSSR count). The zero-order valence-corrected chi connectivity index (χ0v) is 43.9. The maximum Gasteiger partial charge on any atom is 0.337 e. The smallest absolute Gasteiger partial charge is 0.337 e. The van der Waals surface area contributed by atoms with Gasteiger partial charge in [0, 0.05) is 51.8 Å². The van der Waals surface area contributed by atoms with E-state index in [0.29, 0.717) is 63.0 Å². The van der Waals surface area contributed by atoms with Crippen molar-refractivity contribution in [2.75, 3.05) is 46.5 Å². The average molecular weight is 1100 g/mol. The Morgan fingerprint density at radius 1 is 0.654 bits per heavy atom. The maximum atomic E-state index is 14.2. The second-order valence-electron chi connectivity index (χ2n) is 19.6. The van der Waals surface area contributed by atoms with Crippen molar-refractivity contribution in [2.45, 2.75) is 64.4 Å². The molecular formula is C59H52F2N12O8. The molecule has 22 heteroatoms. The molecule has 2 fully saturated rings. The normalized spacial score (nSPS) is 16.8. The number of benzene rings is 4. The third kappa shape index (κ3) is 12.3. The average Bonchev–Trinajstić information content (AvgIpc) is 4.37. The zero-order valence-electron chi connectivity index (χ0n) is 43.9. The predicted molar refractivity (Wildman–Crippen MR) is 291 cm³/mol. The van der Waals surface area contributed by atoms with Gasteiger partial charge < -0.3 is 37.9 Å². The van der Waals surface area contributed by atoms with Crippen LogP contribution in [-0.2, 0) is 53.6 Å². The molecule has 0 bridgehead atoms. The van der Waals surface area contributed by atoms with E-state index in [2.05, 4.69) is 60.7 Å². The lowest BCUT2D eigenvalue weighted by Crippen LogP contribution is -2.32. The molecule has 1 N–H and O–H groups in total. The van der Waals surface area contributed by atoms with Crippen molar-refractivity contribution in [3.63, 3.8) is 0 Å². The minimum absolute atomic E-state index is 0.0000562. The molecule has 8 aromatic rings. The van der Waals surface area contributed by atoms with Crippen molar-refractivity contribution in [1.29, 1.82) is 0 Å². The number of fused-ring (bicyclic) bond motifs is 2. The quantitative estimate of drug-likeness (QED) is 0.0629. The third-order valence-electron chi connectivity index (χ3n) is 14.3. The Labute approximate surface area is 463 Å². The first-order chi connectivity index (χ1) is 39.5. The van der Waals surface area contributed by atoms with Gasteiger partial charge in [0.25, 0.3) is 0 Å². The van der Waals surface area contributed by atoms with Gasteiger partial charge in [-0.25, -0.2) is 58.0 Å². The van der Waals surface area contributed by atoms with Gasteiger partial charge in [0.05, 0.1) is 103 Å². The summed E-state index contributed by atoms with van der Waals surface area (Å²) < 4.78 is 60.0. The SMILES string of the molecule is [C-]#[N+]c1ccc(OCc2nccc(C3=CCN(Cc4nc5ccc(C(=O)O)cc5n4C[C@@H]4CCO4)C3)n2)c(F)c1.[C-]#[N+]c1ccc(OCc2nccc(C3=CCN(Cc4nc5ccc(C(=O)OC)cc5n4C[C@@H]4CCO4)C3)n2)c(F)c1. The van der Waals surface area contributed by atoms with Crippen LogP contribution in [0.2, 0.25) is 0 Å². The van der Waals surface area contributed by atoms with Crippen LogP contribution in [0.15, 0.2) is 109 Å². The number of carbonyl (C=O) groups is 2. The number of carboxylic acids is 1. The fourth-order valence-corrected chi connectivity index (χ4v) is 9.80. The van der Waals surface area contributed by atoms with E-state index in [1.165, 1.54) is 31.4 Å². The Morgan fingerprint density at radius 3 is 1.54 bits per heavy atom. The van der Waals surface area contributed by atoms with Crippen molar-refractivity contribution in [3.05, 3.63) is 190 Å². The number of carbonyl (C=O) groups excluding carboxylic acids is 1. The standard InChI is InChI=1S/C30H27FN6O4.C29H25FN6O4/c1-32-21-4-6-27(23(31)14-21)41-18-28-33-10-7-24(34-28)20-8-11-36(15-20)17-29-35-25-5-3-19(30(38)39-2)13-26(25)37(29)16-22-9-12-40-22;1-31-20-3-5-26(22(30)13-20)40-17-27-32-9-6-23(33-27)19-7-10-35(14-19)16-28-34-24-4-2-18(29(37)38)12-25(24)36(28)15-21-8-11-39-21/h3-8,10,13-14,22H,9,11-12,15-18H2,2H3;2-7,9,12-13,21H,8,10-11,14-17H2,(H,37,38)/t22-;21-/m00/s1. The molecule has 81 heavy (non-hydrogen) atoms. The van der Waals surface area contributed by atoms with Crippen LogP contribution in [0.1, 0.15) is 68.2 Å². The largest absolute Gasteiger partial charge is 0.483 e. The van der Waals surface area contributed by atoms with Crippen molar-refractivity contribution in [2.24, 2.45) is 0 Å². The first kappa shape index (κ1) is 53.7. The summed E-state index contributed by atoms with van der Waals surface area (Å²) in [7, 11) is 1.37. The van der Waals surface area contributed by atoms with Crippen molar-refractivity contribution >= 4 is 56.5 Å². The van der Waals surface area contributed by atoms with Crippen molar-refractivity contribution < 1.29 is 47.2 Å². The van der Waals surface area contributed by atoms with Crippen LogP contribution < -0.4 is 9.47 Å². The van der Waals surface area contributed by atoms with Gasteiger partial charge in [0.2, 0.25) is 0 Å². The van der Waals surface area contributed by atoms with E-state index in [0.717, 1.165) is 101 Å². The van der Waals surface area contributed by atoms with E-state index < -0.39 is 17.6 Å². The van der Waals surface area contributed by atoms with Crippen LogP contribution in [-0.4, -0.2) is 125 Å². The van der Waals surface area contributed by atoms with Crippen molar-refractivity contribution in [3.8, 4) is 11.5 Å². The second-order valence-corrected chi connectivity index (χ2v) is 19.6. The Bertz CT molecular complexity index is 3860. The molecule has 410 valence electrons. The molecule has 0 saturated carbocycles. The fraction of sp³-hybridized carbons (Fsp3) is 0.288. The molecule has 0 amide bonds. The highest BCUT2D eigenvalue weighted by Crippen LogP contribution is 2.30. The van der Waals surface area contributed by atoms with Crippen LogP contribution in [0.25, 0.3) is 42.9 Å². The Morgan fingerprint density at radius 2 is 1.12 bits per heavy atom. The predicted octanol–water partition coefficient (Wildman–Crippen LogP) is 9.05. The Balaban J connectivity index is 0.000000170. The molecule has 4 aliphatic rings. The van der Waals surface area contributed by atoms with E-state index in [1.54, 1.807) is 36.7 Å². The molecular weight excluding hydrogens is 1040 g/mol. The summed E-state index contributed by atoms with van der Waals surface area (Å²) in [6, 6.07) is 22.3. The topological polar surface area (TPSA) is 203 Å². The molecule has 0 radical (unpaired) electrons. The highest BCUT2D eigenvalue weighted by molar-refractivity contribution is 5.94. The van der Waals surface area contributed by atoms with E-state index in [-0.39, 0.29) is 59.8 Å². The Hall–Kier alpha value is -9.32. The van der Waals surface area contributed by atoms with Gasteiger partial charge in [-0.2, -0.15) is 0 Å². The molecule has 0 unspecified atom stereocenters. The van der Waals surface area contributed by atoms with E-state index in [4.69, 9.17) is 46.8 Å². The summed E-state index contributed by atoms with van der Waals surface area (Å²) >= 11 is 0. The number of imidazole rings is 2. The molecule has 4 aromatic carbocycles. The summed E-state index contributed by atoms with van der Waals surface area (Å²) in [6.45, 7) is 20.7. The number of carboxylic acid groups (broad SMARTS) is 1. The zero-order chi connectivity index (χ0) is 56.0. The maximum absolute atomic E-state index is 14.2. The van der Waals surface area contributed by atoms with Gasteiger partial charge in [0.1, 0.15) is 24.9 Å². The number of nitrogens with zero attached hydrogens (tertiary/aromatic N) is 12. The molecule has 0 spiro atoms. The lowest BCUT2D eigenvalue weighted by Gasteiger charge is -2.28. The molecule has 4 aliphatic heterocycles. The fourth-order valence-electron chi connectivity index (χ4n) is 9.80. The van der Waals surface area contributed by atoms with Crippen LogP contribution in [0, 0.1) is 24.8 Å². The third-order valence-corrected chi connectivity index (χ3v) is 14.3. The molecule has 20 nitrogen and oxygen atoms in total. The van der Waals surface area contributed by atoms with Crippen molar-refractivity contribution in [1.82, 2.24) is 48.8 Å². The number of aromatic carboxylic acids is 1. The highest BCUT2D eigenvalue weighted by atomic mass is 19.1. The number of methoxy groups -OCH3 is 1. The lowest BCUT2D eigenvalue weighted by atomic mass is 10.1. The molecule has 2 atom stereocenters. The lowest BCUT2D eigenvalue weighted by molar-refractivity contribution is -0.0592. The van der Waals surface area contributed by atoms with Crippen LogP contribution >= 0.6 is 0 Å². The van der Waals surface area contributed by atoms with E-state index >= 15 is 0 Å². The monoisotopic (exact) mass is 1090 g/mol. The first-order valence-corrected chi connectivity index (χ1v) is 26.1. The molecule has 4 aromatic heterocycles. The van der Waals surface area contributed by atoms with Gasteiger partial charge >= 0.3 is 11.9 Å². The van der Waals surface area contributed by atoms with Crippen LogP contribution in [0.3, 0.4) is 0 Å². The van der Waals surface area contributed by atoms with Crippen LogP contribution in [0.5, 0.6) is 11.5 Å². The summed E-state index contributed by atoms with van der Waals surface area (Å²) in [4.78, 5) is 62.2. The minimum atomic E-state index is -0.970. The van der Waals surface area contributed by atoms with Gasteiger partial charge in [-0.1, -0.05) is 24.3 Å². The number of hydrogen-bond donors (Lipinski definition) is 1. The van der Waals surface area contributed by atoms with Gasteiger partial charge in [-0.3, -0.25) is 9.80 Å². The number of esters is 1. The van der Waals surface area contributed by atoms with Gasteiger partial charge in [-0.05, 0) is 96.8 Å². The van der Waals surface area contributed by atoms with Gasteiger partial charge in [-0.15, -0.1) is 0 Å². The summed E-state index contributed by atoms with van der Waals surface area (Å²) in [5.74, 6) is 0.134. The molecule has 2 saturated heterocycles. The van der Waals surface area contributed by atoms with E-state index in [1.807, 2.05) is 24.3 Å². The molecule has 8 heterocycles. The first-order valence-electron chi connectivity index (χ1n) is 26.1. The second kappa shape index (κ2) is 24.0. The Kier molecular flexibility index (Phi) is 15.9. The number of aromatic nitrogens is 8. The number of ether oxygens (including phenoxy) is 5. The number of hydrogen-bond acceptors (Lipinski definition) is 15. The number of rotatable bonds is 18. The molecule has 0 aliphatic carbocycles. The minimum Gasteiger partial charge on any atom is -0.483 e. The van der Waals surface area contributed by atoms with Crippen LogP contribution in [0.4, 0.5) is 20.2 Å². The highest BCUT2D eigenvalue weighted by Gasteiger charge is 2.27. The summed E-state index contributed by atoms with van der Waals surface area (Å²) in [5.41, 5.74) is 8.02. The summed E-state index contributed by atoms with van der Waals surface area (Å²) in [5, 5.41) is 9.48.